The van der Waals surface area contributed by atoms with E-state index in [2.05, 4.69) is 37.4 Å². The molecule has 1 N–H and O–H groups in total. The molecule has 4 nitrogen and oxygen atoms in total. The Hall–Kier alpha value is -2.27. The van der Waals surface area contributed by atoms with Gasteiger partial charge in [-0.3, -0.25) is 9.59 Å². The lowest BCUT2D eigenvalue weighted by Crippen LogP contribution is -2.56. The van der Waals surface area contributed by atoms with Crippen molar-refractivity contribution in [2.75, 3.05) is 18.8 Å². The van der Waals surface area contributed by atoms with E-state index in [4.69, 9.17) is 0 Å². The number of hydrogen-bond acceptors (Lipinski definition) is 3. The molecule has 1 aliphatic heterocycles. The molecule has 3 rings (SSSR count). The van der Waals surface area contributed by atoms with Crippen LogP contribution in [0.2, 0.25) is 0 Å². The minimum Gasteiger partial charge on any atom is -0.350 e. The van der Waals surface area contributed by atoms with Crippen molar-refractivity contribution in [1.29, 1.82) is 0 Å². The van der Waals surface area contributed by atoms with E-state index in [9.17, 15) is 9.59 Å². The SMILES string of the molecule is Cc1cc(C)cc(CSCC(=O)N2CC(=O)N[C@@H](Cc3ccccc3)C2)c1. The van der Waals surface area contributed by atoms with E-state index in [-0.39, 0.29) is 24.4 Å². The quantitative estimate of drug-likeness (QED) is 0.835. The van der Waals surface area contributed by atoms with Gasteiger partial charge >= 0.3 is 0 Å². The van der Waals surface area contributed by atoms with E-state index in [0.717, 1.165) is 12.2 Å². The maximum Gasteiger partial charge on any atom is 0.239 e. The van der Waals surface area contributed by atoms with Crippen molar-refractivity contribution in [2.24, 2.45) is 0 Å². The van der Waals surface area contributed by atoms with Gasteiger partial charge in [-0.25, -0.2) is 0 Å². The number of nitrogens with one attached hydrogen (secondary N) is 1. The van der Waals surface area contributed by atoms with Crippen LogP contribution in [0, 0.1) is 13.8 Å². The summed E-state index contributed by atoms with van der Waals surface area (Å²) in [5, 5.41) is 3.00. The third kappa shape index (κ3) is 5.86. The first-order chi connectivity index (χ1) is 13.0. The summed E-state index contributed by atoms with van der Waals surface area (Å²) < 4.78 is 0. The zero-order chi connectivity index (χ0) is 19.2. The Morgan fingerprint density at radius 2 is 1.81 bits per heavy atom. The number of benzene rings is 2. The fraction of sp³-hybridized carbons (Fsp3) is 0.364. The van der Waals surface area contributed by atoms with Crippen molar-refractivity contribution in [1.82, 2.24) is 10.2 Å². The number of carbonyl (C=O) groups is 2. The molecule has 142 valence electrons. The topological polar surface area (TPSA) is 49.4 Å². The Morgan fingerprint density at radius 3 is 2.52 bits per heavy atom. The second kappa shape index (κ2) is 9.09. The summed E-state index contributed by atoms with van der Waals surface area (Å²) >= 11 is 1.61. The molecule has 27 heavy (non-hydrogen) atoms. The van der Waals surface area contributed by atoms with Gasteiger partial charge in [-0.05, 0) is 31.4 Å². The molecular formula is C22H26N2O2S. The van der Waals surface area contributed by atoms with E-state index in [1.165, 1.54) is 22.3 Å². The van der Waals surface area contributed by atoms with Crippen molar-refractivity contribution in [3.05, 3.63) is 70.8 Å². The highest BCUT2D eigenvalue weighted by Crippen LogP contribution is 2.17. The van der Waals surface area contributed by atoms with Crippen LogP contribution < -0.4 is 5.32 Å². The van der Waals surface area contributed by atoms with Crippen LogP contribution in [0.5, 0.6) is 0 Å². The summed E-state index contributed by atoms with van der Waals surface area (Å²) in [5.41, 5.74) is 4.90. The minimum atomic E-state index is -0.0742. The van der Waals surface area contributed by atoms with E-state index in [1.54, 1.807) is 16.7 Å². The molecule has 0 unspecified atom stereocenters. The van der Waals surface area contributed by atoms with Crippen LogP contribution in [-0.2, 0) is 21.8 Å². The molecule has 1 heterocycles. The summed E-state index contributed by atoms with van der Waals surface area (Å²) in [5.74, 6) is 1.17. The third-order valence-electron chi connectivity index (χ3n) is 4.59. The number of carbonyl (C=O) groups excluding carboxylic acids is 2. The van der Waals surface area contributed by atoms with Crippen molar-refractivity contribution in [3.63, 3.8) is 0 Å². The van der Waals surface area contributed by atoms with E-state index in [0.29, 0.717) is 12.3 Å². The van der Waals surface area contributed by atoms with Crippen LogP contribution in [-0.4, -0.2) is 41.6 Å². The van der Waals surface area contributed by atoms with Gasteiger partial charge in [-0.15, -0.1) is 11.8 Å². The number of aryl methyl sites for hydroxylation is 2. The van der Waals surface area contributed by atoms with Crippen molar-refractivity contribution < 1.29 is 9.59 Å². The third-order valence-corrected chi connectivity index (χ3v) is 5.58. The highest BCUT2D eigenvalue weighted by atomic mass is 32.2. The molecule has 1 saturated heterocycles. The van der Waals surface area contributed by atoms with Crippen LogP contribution in [0.15, 0.2) is 48.5 Å². The van der Waals surface area contributed by atoms with Gasteiger partial charge in [-0.1, -0.05) is 59.7 Å². The first kappa shape index (κ1) is 19.5. The first-order valence-corrected chi connectivity index (χ1v) is 10.4. The van der Waals surface area contributed by atoms with Gasteiger partial charge in [0.05, 0.1) is 18.3 Å². The minimum absolute atomic E-state index is 0.0259. The number of amides is 2. The molecule has 0 bridgehead atoms. The van der Waals surface area contributed by atoms with Crippen LogP contribution in [0.1, 0.15) is 22.3 Å². The molecule has 0 aromatic heterocycles. The summed E-state index contributed by atoms with van der Waals surface area (Å²) in [6, 6.07) is 16.5. The van der Waals surface area contributed by atoms with Crippen molar-refractivity contribution >= 4 is 23.6 Å². The molecule has 0 saturated carbocycles. The van der Waals surface area contributed by atoms with Gasteiger partial charge in [0.15, 0.2) is 0 Å². The molecule has 0 radical (unpaired) electrons. The largest absolute Gasteiger partial charge is 0.350 e. The summed E-state index contributed by atoms with van der Waals surface area (Å²) in [4.78, 5) is 26.3. The molecule has 1 fully saturated rings. The number of hydrogen-bond donors (Lipinski definition) is 1. The molecule has 2 aromatic rings. The molecule has 5 heteroatoms. The van der Waals surface area contributed by atoms with E-state index >= 15 is 0 Å². The maximum atomic E-state index is 12.6. The monoisotopic (exact) mass is 382 g/mol. The summed E-state index contributed by atoms with van der Waals surface area (Å²) in [6.45, 7) is 4.91. The standard InChI is InChI=1S/C22H26N2O2S/c1-16-8-17(2)10-19(9-16)14-27-15-22(26)24-12-20(23-21(25)13-24)11-18-6-4-3-5-7-18/h3-10,20H,11-15H2,1-2H3,(H,23,25)/t20-/m0/s1. The molecular weight excluding hydrogens is 356 g/mol. The first-order valence-electron chi connectivity index (χ1n) is 9.25. The number of piperazine rings is 1. The van der Waals surface area contributed by atoms with Gasteiger partial charge in [0.2, 0.25) is 11.8 Å². The van der Waals surface area contributed by atoms with Crippen LogP contribution in [0.3, 0.4) is 0 Å². The molecule has 2 amide bonds. The lowest BCUT2D eigenvalue weighted by molar-refractivity contribution is -0.137. The number of rotatable bonds is 6. The highest BCUT2D eigenvalue weighted by Gasteiger charge is 2.27. The van der Waals surface area contributed by atoms with E-state index in [1.807, 2.05) is 30.3 Å². The molecule has 0 spiro atoms. The lowest BCUT2D eigenvalue weighted by atomic mass is 10.0. The van der Waals surface area contributed by atoms with Gasteiger partial charge in [0, 0.05) is 12.3 Å². The lowest BCUT2D eigenvalue weighted by Gasteiger charge is -2.33. The van der Waals surface area contributed by atoms with Crippen molar-refractivity contribution in [3.8, 4) is 0 Å². The van der Waals surface area contributed by atoms with Crippen LogP contribution in [0.4, 0.5) is 0 Å². The molecule has 0 aliphatic carbocycles. The van der Waals surface area contributed by atoms with Gasteiger partial charge < -0.3 is 10.2 Å². The second-order valence-corrected chi connectivity index (χ2v) is 8.20. The Morgan fingerprint density at radius 1 is 1.11 bits per heavy atom. The smallest absolute Gasteiger partial charge is 0.239 e. The van der Waals surface area contributed by atoms with Crippen molar-refractivity contribution in [2.45, 2.75) is 32.1 Å². The second-order valence-electron chi connectivity index (χ2n) is 7.22. The Labute approximate surface area is 165 Å². The normalized spacial score (nSPS) is 16.9. The van der Waals surface area contributed by atoms with Crippen LogP contribution in [0.25, 0.3) is 0 Å². The Balaban J connectivity index is 1.51. The number of nitrogens with zero attached hydrogens (tertiary/aromatic N) is 1. The Kier molecular flexibility index (Phi) is 6.56. The average molecular weight is 383 g/mol. The predicted molar refractivity (Wildman–Crippen MR) is 111 cm³/mol. The van der Waals surface area contributed by atoms with E-state index < -0.39 is 0 Å². The zero-order valence-electron chi connectivity index (χ0n) is 15.9. The molecule has 2 aromatic carbocycles. The van der Waals surface area contributed by atoms with Gasteiger partial charge in [0.1, 0.15) is 0 Å². The average Bonchev–Trinajstić information content (AvgIpc) is 2.61. The highest BCUT2D eigenvalue weighted by molar-refractivity contribution is 7.99. The van der Waals surface area contributed by atoms with Crippen LogP contribution >= 0.6 is 11.8 Å². The zero-order valence-corrected chi connectivity index (χ0v) is 16.7. The fourth-order valence-corrected chi connectivity index (χ4v) is 4.39. The number of thioether (sulfide) groups is 1. The maximum absolute atomic E-state index is 12.6. The molecule has 1 aliphatic rings. The van der Waals surface area contributed by atoms with Gasteiger partial charge in [0.25, 0.3) is 0 Å². The fourth-order valence-electron chi connectivity index (χ4n) is 3.53. The molecule has 1 atom stereocenters. The van der Waals surface area contributed by atoms with Gasteiger partial charge in [-0.2, -0.15) is 0 Å². The summed E-state index contributed by atoms with van der Waals surface area (Å²) in [6.07, 6.45) is 0.742. The Bertz CT molecular complexity index is 787. The predicted octanol–water partition coefficient (Wildman–Crippen LogP) is 3.11. The summed E-state index contributed by atoms with van der Waals surface area (Å²) in [7, 11) is 0.